The highest BCUT2D eigenvalue weighted by Gasteiger charge is 2.34. The molecule has 1 unspecified atom stereocenters. The van der Waals surface area contributed by atoms with Crippen molar-refractivity contribution >= 4 is 5.91 Å². The SMILES string of the molecule is O=C(NC(c1ccc2c(c1)OCCO2)C1CC1)c1ccc(OCC2CC2)cc1. The monoisotopic (exact) mass is 379 g/mol. The van der Waals surface area contributed by atoms with Crippen molar-refractivity contribution in [1.82, 2.24) is 5.32 Å². The minimum Gasteiger partial charge on any atom is -0.493 e. The standard InChI is InChI=1S/C23H25NO4/c25-23(17-5-8-19(9-6-17)28-14-15-1-2-15)24-22(16-3-4-16)18-7-10-20-21(13-18)27-12-11-26-20/h5-10,13,15-16,22H,1-4,11-12,14H2,(H,24,25). The lowest BCUT2D eigenvalue weighted by molar-refractivity contribution is 0.0931. The van der Waals surface area contributed by atoms with Gasteiger partial charge in [-0.25, -0.2) is 0 Å². The highest BCUT2D eigenvalue weighted by molar-refractivity contribution is 5.94. The first-order chi connectivity index (χ1) is 13.8. The molecule has 2 aromatic carbocycles. The Hall–Kier alpha value is -2.69. The molecule has 1 aliphatic heterocycles. The van der Waals surface area contributed by atoms with E-state index < -0.39 is 0 Å². The largest absolute Gasteiger partial charge is 0.493 e. The van der Waals surface area contributed by atoms with Gasteiger partial charge in [-0.3, -0.25) is 4.79 Å². The Morgan fingerprint density at radius 2 is 1.75 bits per heavy atom. The maximum absolute atomic E-state index is 12.8. The van der Waals surface area contributed by atoms with Gasteiger partial charge in [0.15, 0.2) is 11.5 Å². The zero-order chi connectivity index (χ0) is 18.9. The van der Waals surface area contributed by atoms with Crippen LogP contribution >= 0.6 is 0 Å². The summed E-state index contributed by atoms with van der Waals surface area (Å²) in [5, 5.41) is 3.22. The van der Waals surface area contributed by atoms with Crippen molar-refractivity contribution in [3.63, 3.8) is 0 Å². The van der Waals surface area contributed by atoms with Crippen LogP contribution in [0.4, 0.5) is 0 Å². The molecule has 2 aromatic rings. The molecule has 0 aromatic heterocycles. The smallest absolute Gasteiger partial charge is 0.251 e. The number of fused-ring (bicyclic) bond motifs is 1. The molecule has 146 valence electrons. The molecule has 0 spiro atoms. The highest BCUT2D eigenvalue weighted by atomic mass is 16.6. The molecule has 1 atom stereocenters. The van der Waals surface area contributed by atoms with E-state index in [0.29, 0.717) is 30.6 Å². The predicted octanol–water partition coefficient (Wildman–Crippen LogP) is 4.13. The van der Waals surface area contributed by atoms with E-state index in [-0.39, 0.29) is 11.9 Å². The van der Waals surface area contributed by atoms with Crippen LogP contribution in [-0.4, -0.2) is 25.7 Å². The van der Waals surface area contributed by atoms with E-state index in [1.165, 1.54) is 12.8 Å². The van der Waals surface area contributed by atoms with Crippen molar-refractivity contribution in [2.24, 2.45) is 11.8 Å². The van der Waals surface area contributed by atoms with Crippen LogP contribution in [0.5, 0.6) is 17.2 Å². The Kier molecular flexibility index (Phi) is 4.59. The number of hydrogen-bond acceptors (Lipinski definition) is 4. The Morgan fingerprint density at radius 3 is 2.46 bits per heavy atom. The number of ether oxygens (including phenoxy) is 3. The molecule has 2 aliphatic carbocycles. The molecule has 0 bridgehead atoms. The third-order valence-electron chi connectivity index (χ3n) is 5.60. The average molecular weight is 379 g/mol. The molecule has 1 N–H and O–H groups in total. The van der Waals surface area contributed by atoms with Gasteiger partial charge >= 0.3 is 0 Å². The zero-order valence-corrected chi connectivity index (χ0v) is 15.9. The number of amides is 1. The molecular formula is C23H25NO4. The molecule has 2 fully saturated rings. The average Bonchev–Trinajstić information content (AvgIpc) is 3.64. The molecule has 28 heavy (non-hydrogen) atoms. The first kappa shape index (κ1) is 17.4. The van der Waals surface area contributed by atoms with E-state index in [9.17, 15) is 4.79 Å². The van der Waals surface area contributed by atoms with Crippen molar-refractivity contribution in [3.8, 4) is 17.2 Å². The quantitative estimate of drug-likeness (QED) is 0.786. The van der Waals surface area contributed by atoms with Crippen LogP contribution in [0, 0.1) is 11.8 Å². The second kappa shape index (κ2) is 7.38. The second-order valence-electron chi connectivity index (χ2n) is 7.97. The van der Waals surface area contributed by atoms with Crippen LogP contribution in [-0.2, 0) is 0 Å². The minimum absolute atomic E-state index is 0.00544. The maximum atomic E-state index is 12.8. The molecule has 0 saturated heterocycles. The fraction of sp³-hybridized carbons (Fsp3) is 0.435. The van der Waals surface area contributed by atoms with Gasteiger partial charge < -0.3 is 19.5 Å². The Bertz CT molecular complexity index is 855. The first-order valence-corrected chi connectivity index (χ1v) is 10.2. The van der Waals surface area contributed by atoms with Crippen LogP contribution in [0.2, 0.25) is 0 Å². The van der Waals surface area contributed by atoms with E-state index in [1.54, 1.807) is 0 Å². The summed E-state index contributed by atoms with van der Waals surface area (Å²) < 4.78 is 17.1. The van der Waals surface area contributed by atoms with Crippen molar-refractivity contribution in [2.45, 2.75) is 31.7 Å². The zero-order valence-electron chi connectivity index (χ0n) is 15.9. The van der Waals surface area contributed by atoms with Crippen molar-refractivity contribution in [2.75, 3.05) is 19.8 Å². The summed E-state index contributed by atoms with van der Waals surface area (Å²) in [5.74, 6) is 3.51. The fourth-order valence-electron chi connectivity index (χ4n) is 3.58. The van der Waals surface area contributed by atoms with Crippen LogP contribution in [0.15, 0.2) is 42.5 Å². The molecule has 1 amide bonds. The van der Waals surface area contributed by atoms with Crippen molar-refractivity contribution in [1.29, 1.82) is 0 Å². The van der Waals surface area contributed by atoms with Crippen LogP contribution in [0.1, 0.15) is 47.6 Å². The molecular weight excluding hydrogens is 354 g/mol. The summed E-state index contributed by atoms with van der Waals surface area (Å²) in [6, 6.07) is 13.4. The summed E-state index contributed by atoms with van der Waals surface area (Å²) in [6.45, 7) is 1.92. The molecule has 2 saturated carbocycles. The Balaban J connectivity index is 1.28. The van der Waals surface area contributed by atoms with E-state index >= 15 is 0 Å². The molecule has 1 heterocycles. The van der Waals surface area contributed by atoms with E-state index in [1.807, 2.05) is 42.5 Å². The normalized spacial score (nSPS) is 19.0. The summed E-state index contributed by atoms with van der Waals surface area (Å²) in [6.07, 6.45) is 4.80. The fourth-order valence-corrected chi connectivity index (χ4v) is 3.58. The number of hydrogen-bond donors (Lipinski definition) is 1. The lowest BCUT2D eigenvalue weighted by atomic mass is 10.0. The first-order valence-electron chi connectivity index (χ1n) is 10.2. The third kappa shape index (κ3) is 3.93. The van der Waals surface area contributed by atoms with E-state index in [0.717, 1.165) is 42.3 Å². The van der Waals surface area contributed by atoms with Gasteiger partial charge in [0.2, 0.25) is 0 Å². The van der Waals surface area contributed by atoms with Crippen LogP contribution in [0.25, 0.3) is 0 Å². The Morgan fingerprint density at radius 1 is 1.00 bits per heavy atom. The molecule has 3 aliphatic rings. The van der Waals surface area contributed by atoms with Gasteiger partial charge in [-0.15, -0.1) is 0 Å². The minimum atomic E-state index is -0.0551. The van der Waals surface area contributed by atoms with Gasteiger partial charge in [-0.05, 0) is 79.5 Å². The Labute approximate surface area is 165 Å². The third-order valence-corrected chi connectivity index (χ3v) is 5.60. The summed E-state index contributed by atoms with van der Waals surface area (Å²) in [4.78, 5) is 12.8. The number of rotatable bonds is 7. The number of carbonyl (C=O) groups is 1. The van der Waals surface area contributed by atoms with Gasteiger partial charge in [0, 0.05) is 5.56 Å². The summed E-state index contributed by atoms with van der Waals surface area (Å²) in [5.41, 5.74) is 1.73. The number of benzene rings is 2. The molecule has 0 radical (unpaired) electrons. The van der Waals surface area contributed by atoms with Crippen molar-refractivity contribution in [3.05, 3.63) is 53.6 Å². The molecule has 5 nitrogen and oxygen atoms in total. The van der Waals surface area contributed by atoms with Gasteiger partial charge in [0.25, 0.3) is 5.91 Å². The summed E-state index contributed by atoms with van der Waals surface area (Å²) in [7, 11) is 0. The highest BCUT2D eigenvalue weighted by Crippen LogP contribution is 2.43. The molecule has 5 rings (SSSR count). The lowest BCUT2D eigenvalue weighted by Gasteiger charge is -2.23. The second-order valence-corrected chi connectivity index (χ2v) is 7.97. The van der Waals surface area contributed by atoms with Crippen LogP contribution < -0.4 is 19.5 Å². The van der Waals surface area contributed by atoms with Crippen LogP contribution in [0.3, 0.4) is 0 Å². The van der Waals surface area contributed by atoms with E-state index in [2.05, 4.69) is 5.32 Å². The topological polar surface area (TPSA) is 56.8 Å². The number of nitrogens with one attached hydrogen (secondary N) is 1. The molecule has 5 heteroatoms. The predicted molar refractivity (Wildman–Crippen MR) is 105 cm³/mol. The van der Waals surface area contributed by atoms with Crippen molar-refractivity contribution < 1.29 is 19.0 Å². The van der Waals surface area contributed by atoms with Gasteiger partial charge in [0.05, 0.1) is 12.6 Å². The van der Waals surface area contributed by atoms with Gasteiger partial charge in [0.1, 0.15) is 19.0 Å². The van der Waals surface area contributed by atoms with E-state index in [4.69, 9.17) is 14.2 Å². The number of carbonyl (C=O) groups excluding carboxylic acids is 1. The van der Waals surface area contributed by atoms with Gasteiger partial charge in [-0.2, -0.15) is 0 Å². The summed E-state index contributed by atoms with van der Waals surface area (Å²) >= 11 is 0. The maximum Gasteiger partial charge on any atom is 0.251 e. The van der Waals surface area contributed by atoms with Gasteiger partial charge in [-0.1, -0.05) is 6.07 Å². The lowest BCUT2D eigenvalue weighted by Crippen LogP contribution is -2.30.